The monoisotopic (exact) mass is 472 g/mol. The molecule has 30 heavy (non-hydrogen) atoms. The molecule has 3 N–H and O–H groups in total. The summed E-state index contributed by atoms with van der Waals surface area (Å²) in [6.07, 6.45) is 3.31. The van der Waals surface area contributed by atoms with Gasteiger partial charge in [0.15, 0.2) is 0 Å². The number of unbranched alkanes of at least 4 members (excludes halogenated alkanes) is 1. The maximum Gasteiger partial charge on any atom is 0.326 e. The second kappa shape index (κ2) is 11.3. The summed E-state index contributed by atoms with van der Waals surface area (Å²) in [6.45, 7) is 3.86. The minimum atomic E-state index is -1.11. The van der Waals surface area contributed by atoms with Crippen LogP contribution in [0.5, 0.6) is 0 Å². The quantitative estimate of drug-likeness (QED) is 0.474. The van der Waals surface area contributed by atoms with Crippen LogP contribution in [0, 0.1) is 6.92 Å². The van der Waals surface area contributed by atoms with Gasteiger partial charge in [-0.2, -0.15) is 0 Å². The van der Waals surface area contributed by atoms with E-state index in [1.165, 1.54) is 6.08 Å². The SMILES string of the molecule is CCCC[C@@H](NC(=O)/C(=C/c1cccc(Br)c1)NC(=O)c1ccc(C)cc1)C(=O)O. The summed E-state index contributed by atoms with van der Waals surface area (Å²) >= 11 is 3.38. The molecule has 1 atom stereocenters. The summed E-state index contributed by atoms with van der Waals surface area (Å²) in [7, 11) is 0. The predicted octanol–water partition coefficient (Wildman–Crippen LogP) is 4.29. The molecule has 2 aromatic carbocycles. The fourth-order valence-electron chi connectivity index (χ4n) is 2.72. The van der Waals surface area contributed by atoms with Gasteiger partial charge >= 0.3 is 5.97 Å². The summed E-state index contributed by atoms with van der Waals surface area (Å²) in [5, 5.41) is 14.6. The molecular weight excluding hydrogens is 448 g/mol. The van der Waals surface area contributed by atoms with E-state index in [0.717, 1.165) is 16.5 Å². The van der Waals surface area contributed by atoms with Gasteiger partial charge in [-0.1, -0.05) is 65.5 Å². The Labute approximate surface area is 184 Å². The van der Waals surface area contributed by atoms with Crippen molar-refractivity contribution in [2.75, 3.05) is 0 Å². The first-order valence-electron chi connectivity index (χ1n) is 9.69. The first-order valence-corrected chi connectivity index (χ1v) is 10.5. The van der Waals surface area contributed by atoms with Crippen LogP contribution in [0.1, 0.15) is 47.7 Å². The Morgan fingerprint density at radius 3 is 2.43 bits per heavy atom. The average Bonchev–Trinajstić information content (AvgIpc) is 2.70. The lowest BCUT2D eigenvalue weighted by Gasteiger charge is -2.16. The second-order valence-corrected chi connectivity index (χ2v) is 7.86. The minimum Gasteiger partial charge on any atom is -0.480 e. The Balaban J connectivity index is 2.30. The van der Waals surface area contributed by atoms with Crippen LogP contribution >= 0.6 is 15.9 Å². The number of aryl methyl sites for hydroxylation is 1. The number of rotatable bonds is 9. The standard InChI is InChI=1S/C23H25BrN2O4/c1-3-4-8-19(23(29)30)25-22(28)20(14-16-6-5-7-18(24)13-16)26-21(27)17-11-9-15(2)10-12-17/h5-7,9-14,19H,3-4,8H2,1-2H3,(H,25,28)(H,26,27)(H,29,30)/b20-14-/t19-/m1/s1. The molecule has 7 heteroatoms. The van der Waals surface area contributed by atoms with E-state index in [1.54, 1.807) is 42.5 Å². The van der Waals surface area contributed by atoms with E-state index in [-0.39, 0.29) is 5.70 Å². The summed E-state index contributed by atoms with van der Waals surface area (Å²) < 4.78 is 0.812. The molecule has 0 unspecified atom stereocenters. The number of carboxylic acid groups (broad SMARTS) is 1. The molecule has 0 radical (unpaired) electrons. The van der Waals surface area contributed by atoms with Gasteiger partial charge in [-0.15, -0.1) is 0 Å². The fraction of sp³-hybridized carbons (Fsp3) is 0.261. The number of aliphatic carboxylic acids is 1. The molecule has 0 aliphatic heterocycles. The second-order valence-electron chi connectivity index (χ2n) is 6.94. The molecule has 6 nitrogen and oxygen atoms in total. The predicted molar refractivity (Wildman–Crippen MR) is 120 cm³/mol. The van der Waals surface area contributed by atoms with Crippen LogP contribution in [0.4, 0.5) is 0 Å². The van der Waals surface area contributed by atoms with Crippen molar-refractivity contribution in [2.24, 2.45) is 0 Å². The summed E-state index contributed by atoms with van der Waals surface area (Å²) in [5.41, 5.74) is 2.06. The molecular formula is C23H25BrN2O4. The lowest BCUT2D eigenvalue weighted by molar-refractivity contribution is -0.141. The van der Waals surface area contributed by atoms with Crippen LogP contribution < -0.4 is 10.6 Å². The summed E-state index contributed by atoms with van der Waals surface area (Å²) in [6, 6.07) is 13.1. The fourth-order valence-corrected chi connectivity index (χ4v) is 3.14. The van der Waals surface area contributed by atoms with Gasteiger partial charge in [0, 0.05) is 10.0 Å². The molecule has 0 bridgehead atoms. The number of amides is 2. The normalized spacial score (nSPS) is 12.2. The molecule has 158 valence electrons. The number of hydrogen-bond donors (Lipinski definition) is 3. The molecule has 0 heterocycles. The van der Waals surface area contributed by atoms with Crippen molar-refractivity contribution in [2.45, 2.75) is 39.2 Å². The van der Waals surface area contributed by atoms with E-state index in [1.807, 2.05) is 19.9 Å². The van der Waals surface area contributed by atoms with Crippen LogP contribution in [0.25, 0.3) is 6.08 Å². The summed E-state index contributed by atoms with van der Waals surface area (Å²) in [5.74, 6) is -2.21. The first kappa shape index (κ1) is 23.3. The molecule has 0 aliphatic carbocycles. The Morgan fingerprint density at radius 1 is 1.13 bits per heavy atom. The van der Waals surface area contributed by atoms with Crippen molar-refractivity contribution in [3.05, 3.63) is 75.4 Å². The van der Waals surface area contributed by atoms with Crippen molar-refractivity contribution in [1.82, 2.24) is 10.6 Å². The highest BCUT2D eigenvalue weighted by molar-refractivity contribution is 9.10. The van der Waals surface area contributed by atoms with E-state index < -0.39 is 23.8 Å². The third-order valence-corrected chi connectivity index (χ3v) is 4.91. The molecule has 0 aromatic heterocycles. The largest absolute Gasteiger partial charge is 0.480 e. The van der Waals surface area contributed by atoms with Crippen molar-refractivity contribution >= 4 is 39.8 Å². The first-order chi connectivity index (χ1) is 14.3. The van der Waals surface area contributed by atoms with E-state index in [4.69, 9.17) is 0 Å². The molecule has 0 aliphatic rings. The Kier molecular flexibility index (Phi) is 8.80. The molecule has 2 rings (SSSR count). The highest BCUT2D eigenvalue weighted by Gasteiger charge is 2.22. The van der Waals surface area contributed by atoms with E-state index in [2.05, 4.69) is 26.6 Å². The molecule has 2 amide bonds. The van der Waals surface area contributed by atoms with Gasteiger partial charge in [0.2, 0.25) is 0 Å². The highest BCUT2D eigenvalue weighted by Crippen LogP contribution is 2.15. The van der Waals surface area contributed by atoms with Gasteiger partial charge in [0.05, 0.1) is 0 Å². The summed E-state index contributed by atoms with van der Waals surface area (Å²) in [4.78, 5) is 37.0. The Hall–Kier alpha value is -2.93. The third kappa shape index (κ3) is 7.15. The van der Waals surface area contributed by atoms with Crippen molar-refractivity contribution in [3.8, 4) is 0 Å². The van der Waals surface area contributed by atoms with E-state index >= 15 is 0 Å². The van der Waals surface area contributed by atoms with Gasteiger partial charge in [-0.3, -0.25) is 9.59 Å². The van der Waals surface area contributed by atoms with Gasteiger partial charge < -0.3 is 15.7 Å². The van der Waals surface area contributed by atoms with Crippen LogP contribution in [-0.4, -0.2) is 28.9 Å². The van der Waals surface area contributed by atoms with E-state index in [9.17, 15) is 19.5 Å². The van der Waals surface area contributed by atoms with Crippen molar-refractivity contribution in [1.29, 1.82) is 0 Å². The van der Waals surface area contributed by atoms with Gasteiger partial charge in [0.1, 0.15) is 11.7 Å². The zero-order valence-electron chi connectivity index (χ0n) is 16.9. The number of halogens is 1. The Bertz CT molecular complexity index is 938. The van der Waals surface area contributed by atoms with Crippen LogP contribution in [0.3, 0.4) is 0 Å². The van der Waals surface area contributed by atoms with Crippen molar-refractivity contribution < 1.29 is 19.5 Å². The topological polar surface area (TPSA) is 95.5 Å². The van der Waals surface area contributed by atoms with Gasteiger partial charge in [-0.05, 0) is 49.2 Å². The number of carbonyl (C=O) groups is 3. The average molecular weight is 473 g/mol. The lowest BCUT2D eigenvalue weighted by Crippen LogP contribution is -2.44. The number of benzene rings is 2. The third-order valence-electron chi connectivity index (χ3n) is 4.42. The van der Waals surface area contributed by atoms with Crippen LogP contribution in [-0.2, 0) is 9.59 Å². The molecule has 0 saturated carbocycles. The smallest absolute Gasteiger partial charge is 0.326 e. The maximum atomic E-state index is 12.9. The van der Waals surface area contributed by atoms with Gasteiger partial charge in [0.25, 0.3) is 11.8 Å². The zero-order valence-corrected chi connectivity index (χ0v) is 18.5. The number of carbonyl (C=O) groups excluding carboxylic acids is 2. The maximum absolute atomic E-state index is 12.9. The lowest BCUT2D eigenvalue weighted by atomic mass is 10.1. The highest BCUT2D eigenvalue weighted by atomic mass is 79.9. The molecule has 2 aromatic rings. The molecule has 0 saturated heterocycles. The zero-order chi connectivity index (χ0) is 22.1. The van der Waals surface area contributed by atoms with Gasteiger partial charge in [-0.25, -0.2) is 4.79 Å². The Morgan fingerprint density at radius 2 is 1.83 bits per heavy atom. The number of nitrogens with one attached hydrogen (secondary N) is 2. The van der Waals surface area contributed by atoms with Crippen LogP contribution in [0.2, 0.25) is 0 Å². The van der Waals surface area contributed by atoms with Crippen molar-refractivity contribution in [3.63, 3.8) is 0 Å². The van der Waals surface area contributed by atoms with E-state index in [0.29, 0.717) is 24.0 Å². The number of carboxylic acids is 1. The number of hydrogen-bond acceptors (Lipinski definition) is 3. The minimum absolute atomic E-state index is 0.0265. The molecule has 0 spiro atoms. The molecule has 0 fully saturated rings. The van der Waals surface area contributed by atoms with Crippen LogP contribution in [0.15, 0.2) is 58.7 Å².